The Hall–Kier alpha value is -2.81. The van der Waals surface area contributed by atoms with Crippen LogP contribution in [0.25, 0.3) is 6.08 Å². The van der Waals surface area contributed by atoms with Crippen LogP contribution in [0.15, 0.2) is 60.4 Å². The van der Waals surface area contributed by atoms with Gasteiger partial charge in [0.1, 0.15) is 11.5 Å². The zero-order valence-corrected chi connectivity index (χ0v) is 16.7. The molecule has 0 aromatic heterocycles. The fourth-order valence-electron chi connectivity index (χ4n) is 2.63. The summed E-state index contributed by atoms with van der Waals surface area (Å²) in [6.45, 7) is 10.4. The second-order valence-corrected chi connectivity index (χ2v) is 7.46. The van der Waals surface area contributed by atoms with Crippen LogP contribution in [-0.2, 0) is 5.41 Å². The van der Waals surface area contributed by atoms with Crippen molar-refractivity contribution >= 4 is 11.9 Å². The SMILES string of the molecule is C/C=C(\CC)Oc1ccc(C(=O)/C=C/c2ccc(C(C)(C)C)cc2)c(O)c1. The highest BCUT2D eigenvalue weighted by molar-refractivity contribution is 6.08. The Kier molecular flexibility index (Phi) is 6.62. The first-order chi connectivity index (χ1) is 12.7. The molecule has 2 rings (SSSR count). The van der Waals surface area contributed by atoms with Gasteiger partial charge in [-0.25, -0.2) is 0 Å². The lowest BCUT2D eigenvalue weighted by Crippen LogP contribution is -2.10. The van der Waals surface area contributed by atoms with Gasteiger partial charge in [0, 0.05) is 12.5 Å². The van der Waals surface area contributed by atoms with Crippen LogP contribution >= 0.6 is 0 Å². The van der Waals surface area contributed by atoms with Crippen molar-refractivity contribution in [2.24, 2.45) is 0 Å². The molecule has 0 saturated heterocycles. The van der Waals surface area contributed by atoms with Gasteiger partial charge >= 0.3 is 0 Å². The van der Waals surface area contributed by atoms with Crippen molar-refractivity contribution in [2.75, 3.05) is 0 Å². The van der Waals surface area contributed by atoms with E-state index in [4.69, 9.17) is 4.74 Å². The van der Waals surface area contributed by atoms with E-state index < -0.39 is 0 Å². The Morgan fingerprint density at radius 1 is 1.11 bits per heavy atom. The molecule has 0 unspecified atom stereocenters. The third-order valence-electron chi connectivity index (χ3n) is 4.36. The highest BCUT2D eigenvalue weighted by atomic mass is 16.5. The Labute approximate surface area is 162 Å². The number of carbonyl (C=O) groups excluding carboxylic acids is 1. The number of carbonyl (C=O) groups is 1. The molecular formula is C24H28O3. The van der Waals surface area contributed by atoms with E-state index in [2.05, 4.69) is 32.9 Å². The zero-order chi connectivity index (χ0) is 20.0. The topological polar surface area (TPSA) is 46.5 Å². The van der Waals surface area contributed by atoms with Gasteiger partial charge in [0.05, 0.1) is 11.3 Å². The minimum Gasteiger partial charge on any atom is -0.507 e. The van der Waals surface area contributed by atoms with Gasteiger partial charge in [0.15, 0.2) is 5.78 Å². The number of hydrogen-bond donors (Lipinski definition) is 1. The van der Waals surface area contributed by atoms with E-state index in [1.165, 1.54) is 17.7 Å². The number of phenolic OH excluding ortho intramolecular Hbond substituents is 1. The number of ketones is 1. The summed E-state index contributed by atoms with van der Waals surface area (Å²) >= 11 is 0. The second-order valence-electron chi connectivity index (χ2n) is 7.46. The summed E-state index contributed by atoms with van der Waals surface area (Å²) in [6.07, 6.45) is 5.87. The van der Waals surface area contributed by atoms with E-state index in [1.54, 1.807) is 18.2 Å². The smallest absolute Gasteiger partial charge is 0.189 e. The molecule has 0 aliphatic rings. The van der Waals surface area contributed by atoms with E-state index in [1.807, 2.05) is 32.1 Å². The average Bonchev–Trinajstić information content (AvgIpc) is 2.64. The van der Waals surface area contributed by atoms with Crippen molar-refractivity contribution in [1.82, 2.24) is 0 Å². The van der Waals surface area contributed by atoms with E-state index in [9.17, 15) is 9.90 Å². The van der Waals surface area contributed by atoms with Crippen molar-refractivity contribution in [1.29, 1.82) is 0 Å². The van der Waals surface area contributed by atoms with Crippen molar-refractivity contribution < 1.29 is 14.6 Å². The third-order valence-corrected chi connectivity index (χ3v) is 4.36. The highest BCUT2D eigenvalue weighted by Crippen LogP contribution is 2.26. The zero-order valence-electron chi connectivity index (χ0n) is 16.7. The molecule has 0 spiro atoms. The molecule has 0 fully saturated rings. The van der Waals surface area contributed by atoms with Gasteiger partial charge in [-0.3, -0.25) is 4.79 Å². The summed E-state index contributed by atoms with van der Waals surface area (Å²) in [6, 6.07) is 12.9. The van der Waals surface area contributed by atoms with Crippen LogP contribution in [0, 0.1) is 0 Å². The number of rotatable bonds is 6. The molecule has 2 aromatic carbocycles. The molecule has 0 bridgehead atoms. The van der Waals surface area contributed by atoms with Crippen molar-refractivity contribution in [2.45, 2.75) is 46.5 Å². The number of aromatic hydroxyl groups is 1. The standard InChI is InChI=1S/C24H28O3/c1-6-19(7-2)27-20-13-14-21(23(26)16-20)22(25)15-10-17-8-11-18(12-9-17)24(3,4)5/h6,8-16,26H,7H2,1-5H3/b15-10+,19-6+. The van der Waals surface area contributed by atoms with Gasteiger partial charge in [0.25, 0.3) is 0 Å². The van der Waals surface area contributed by atoms with Crippen LogP contribution in [0.5, 0.6) is 11.5 Å². The molecule has 0 saturated carbocycles. The lowest BCUT2D eigenvalue weighted by molar-refractivity contribution is 0.104. The van der Waals surface area contributed by atoms with Crippen molar-refractivity contribution in [3.8, 4) is 11.5 Å². The number of allylic oxidation sites excluding steroid dienone is 3. The van der Waals surface area contributed by atoms with Crippen LogP contribution in [0.1, 0.15) is 62.5 Å². The fourth-order valence-corrected chi connectivity index (χ4v) is 2.63. The average molecular weight is 364 g/mol. The Morgan fingerprint density at radius 2 is 1.78 bits per heavy atom. The Bertz CT molecular complexity index is 850. The predicted molar refractivity (Wildman–Crippen MR) is 111 cm³/mol. The van der Waals surface area contributed by atoms with Crippen LogP contribution in [0.2, 0.25) is 0 Å². The summed E-state index contributed by atoms with van der Waals surface area (Å²) < 4.78 is 5.67. The van der Waals surface area contributed by atoms with Gasteiger partial charge in [-0.2, -0.15) is 0 Å². The molecule has 0 heterocycles. The van der Waals surface area contributed by atoms with E-state index >= 15 is 0 Å². The molecule has 0 aliphatic heterocycles. The van der Waals surface area contributed by atoms with Gasteiger partial charge in [-0.05, 0) is 47.8 Å². The lowest BCUT2D eigenvalue weighted by atomic mass is 9.87. The second kappa shape index (κ2) is 8.72. The Morgan fingerprint density at radius 3 is 2.30 bits per heavy atom. The summed E-state index contributed by atoms with van der Waals surface area (Å²) in [5, 5.41) is 10.2. The normalized spacial score (nSPS) is 12.4. The monoisotopic (exact) mass is 364 g/mol. The molecular weight excluding hydrogens is 336 g/mol. The summed E-state index contributed by atoms with van der Waals surface area (Å²) in [5.74, 6) is 0.991. The maximum Gasteiger partial charge on any atom is 0.189 e. The molecule has 2 aromatic rings. The number of ether oxygens (including phenoxy) is 1. The molecule has 0 aliphatic carbocycles. The van der Waals surface area contributed by atoms with Gasteiger partial charge < -0.3 is 9.84 Å². The van der Waals surface area contributed by atoms with Crippen LogP contribution < -0.4 is 4.74 Å². The summed E-state index contributed by atoms with van der Waals surface area (Å²) in [5.41, 5.74) is 2.53. The van der Waals surface area contributed by atoms with Crippen LogP contribution in [0.4, 0.5) is 0 Å². The van der Waals surface area contributed by atoms with Crippen LogP contribution in [0.3, 0.4) is 0 Å². The number of phenols is 1. The first-order valence-corrected chi connectivity index (χ1v) is 9.23. The molecule has 0 amide bonds. The molecule has 1 N–H and O–H groups in total. The fraction of sp³-hybridized carbons (Fsp3) is 0.292. The van der Waals surface area contributed by atoms with E-state index in [0.29, 0.717) is 5.75 Å². The number of hydrogen-bond acceptors (Lipinski definition) is 3. The maximum atomic E-state index is 12.4. The van der Waals surface area contributed by atoms with Crippen LogP contribution in [-0.4, -0.2) is 10.9 Å². The summed E-state index contributed by atoms with van der Waals surface area (Å²) in [7, 11) is 0. The largest absolute Gasteiger partial charge is 0.507 e. The van der Waals surface area contributed by atoms with Crippen molar-refractivity contribution in [3.05, 3.63) is 77.1 Å². The molecule has 0 atom stereocenters. The molecule has 3 heteroatoms. The highest BCUT2D eigenvalue weighted by Gasteiger charge is 2.13. The minimum atomic E-state index is -0.249. The summed E-state index contributed by atoms with van der Waals surface area (Å²) in [4.78, 5) is 12.4. The predicted octanol–water partition coefficient (Wildman–Crippen LogP) is 6.28. The van der Waals surface area contributed by atoms with Gasteiger partial charge in [-0.15, -0.1) is 0 Å². The number of benzene rings is 2. The van der Waals surface area contributed by atoms with E-state index in [0.717, 1.165) is 17.7 Å². The molecule has 27 heavy (non-hydrogen) atoms. The minimum absolute atomic E-state index is 0.0863. The Balaban J connectivity index is 2.12. The lowest BCUT2D eigenvalue weighted by Gasteiger charge is -2.18. The third kappa shape index (κ3) is 5.58. The molecule has 142 valence electrons. The molecule has 3 nitrogen and oxygen atoms in total. The van der Waals surface area contributed by atoms with E-state index in [-0.39, 0.29) is 22.5 Å². The molecule has 0 radical (unpaired) electrons. The van der Waals surface area contributed by atoms with Gasteiger partial charge in [0.2, 0.25) is 0 Å². The maximum absolute atomic E-state index is 12.4. The van der Waals surface area contributed by atoms with Gasteiger partial charge in [-0.1, -0.05) is 58.0 Å². The first kappa shape index (κ1) is 20.5. The first-order valence-electron chi connectivity index (χ1n) is 9.23. The van der Waals surface area contributed by atoms with Crippen molar-refractivity contribution in [3.63, 3.8) is 0 Å². The quantitative estimate of drug-likeness (QED) is 0.373.